The Morgan fingerprint density at radius 1 is 1.07 bits per heavy atom. The van der Waals surface area contributed by atoms with E-state index in [1.807, 2.05) is 37.3 Å². The second-order valence-electron chi connectivity index (χ2n) is 6.86. The van der Waals surface area contributed by atoms with Gasteiger partial charge < -0.3 is 14.4 Å². The van der Waals surface area contributed by atoms with Crippen LogP contribution in [0.15, 0.2) is 59.5 Å². The fraction of sp³-hybridized carbons (Fsp3) is 0.381. The zero-order valence-corrected chi connectivity index (χ0v) is 17.1. The fourth-order valence-electron chi connectivity index (χ4n) is 2.97. The van der Waals surface area contributed by atoms with Crippen LogP contribution in [0.25, 0.3) is 0 Å². The maximum absolute atomic E-state index is 12.2. The van der Waals surface area contributed by atoms with E-state index in [1.165, 1.54) is 12.1 Å². The SMILES string of the molecule is Cc1ccc(S(=O)(=O)OCCOC2CCN(C(=O)OCc3ccccc3)C2)cc1. The average molecular weight is 419 g/mol. The summed E-state index contributed by atoms with van der Waals surface area (Å²) in [5.41, 5.74) is 1.90. The van der Waals surface area contributed by atoms with Gasteiger partial charge in [-0.2, -0.15) is 8.42 Å². The Labute approximate surface area is 171 Å². The van der Waals surface area contributed by atoms with Crippen molar-refractivity contribution in [3.8, 4) is 0 Å². The number of amides is 1. The number of carbonyl (C=O) groups is 1. The van der Waals surface area contributed by atoms with E-state index in [9.17, 15) is 13.2 Å². The molecular weight excluding hydrogens is 394 g/mol. The molecule has 1 fully saturated rings. The van der Waals surface area contributed by atoms with E-state index in [2.05, 4.69) is 0 Å². The molecule has 0 spiro atoms. The number of nitrogens with zero attached hydrogens (tertiary/aromatic N) is 1. The molecule has 2 aromatic carbocycles. The predicted octanol–water partition coefficient (Wildman–Crippen LogP) is 3.13. The minimum Gasteiger partial charge on any atom is -0.445 e. The van der Waals surface area contributed by atoms with E-state index >= 15 is 0 Å². The molecule has 0 saturated carbocycles. The number of benzene rings is 2. The summed E-state index contributed by atoms with van der Waals surface area (Å²) in [7, 11) is -3.80. The highest BCUT2D eigenvalue weighted by atomic mass is 32.2. The van der Waals surface area contributed by atoms with Crippen LogP contribution in [0.4, 0.5) is 4.79 Å². The van der Waals surface area contributed by atoms with E-state index in [-0.39, 0.29) is 36.9 Å². The lowest BCUT2D eigenvalue weighted by molar-refractivity contribution is 0.0379. The van der Waals surface area contributed by atoms with Gasteiger partial charge in [0.05, 0.1) is 30.8 Å². The Morgan fingerprint density at radius 3 is 2.52 bits per heavy atom. The molecular formula is C21H25NO6S. The van der Waals surface area contributed by atoms with Crippen LogP contribution in [0, 0.1) is 6.92 Å². The number of hydrogen-bond acceptors (Lipinski definition) is 6. The number of aryl methyl sites for hydroxylation is 1. The van der Waals surface area contributed by atoms with Gasteiger partial charge in [-0.15, -0.1) is 0 Å². The standard InChI is InChI=1S/C21H25NO6S/c1-17-7-9-20(10-8-17)29(24,25)28-14-13-26-19-11-12-22(15-19)21(23)27-16-18-5-3-2-4-6-18/h2-10,19H,11-16H2,1H3. The Kier molecular flexibility index (Phi) is 7.24. The third-order valence-corrected chi connectivity index (χ3v) is 5.92. The second kappa shape index (κ2) is 9.87. The molecule has 156 valence electrons. The molecule has 1 atom stereocenters. The quantitative estimate of drug-likeness (QED) is 0.483. The molecule has 8 heteroatoms. The number of likely N-dealkylation sites (tertiary alicyclic amines) is 1. The Morgan fingerprint density at radius 2 is 1.79 bits per heavy atom. The van der Waals surface area contributed by atoms with E-state index in [1.54, 1.807) is 17.0 Å². The van der Waals surface area contributed by atoms with E-state index < -0.39 is 10.1 Å². The van der Waals surface area contributed by atoms with Crippen LogP contribution >= 0.6 is 0 Å². The molecule has 1 heterocycles. The van der Waals surface area contributed by atoms with Crippen LogP contribution in [0.1, 0.15) is 17.5 Å². The number of rotatable bonds is 8. The minimum atomic E-state index is -3.80. The Balaban J connectivity index is 1.36. The first-order valence-electron chi connectivity index (χ1n) is 9.47. The van der Waals surface area contributed by atoms with Crippen molar-refractivity contribution in [3.63, 3.8) is 0 Å². The zero-order chi connectivity index (χ0) is 20.7. The summed E-state index contributed by atoms with van der Waals surface area (Å²) in [4.78, 5) is 13.9. The third-order valence-electron chi connectivity index (χ3n) is 4.59. The van der Waals surface area contributed by atoms with Gasteiger partial charge in [0, 0.05) is 6.54 Å². The maximum atomic E-state index is 12.2. The summed E-state index contributed by atoms with van der Waals surface area (Å²) in [6.45, 7) is 3.12. The van der Waals surface area contributed by atoms with Crippen molar-refractivity contribution in [2.45, 2.75) is 31.0 Å². The topological polar surface area (TPSA) is 82.1 Å². The molecule has 1 aliphatic rings. The van der Waals surface area contributed by atoms with Gasteiger partial charge in [0.1, 0.15) is 6.61 Å². The molecule has 3 rings (SSSR count). The monoisotopic (exact) mass is 419 g/mol. The van der Waals surface area contributed by atoms with E-state index in [0.717, 1.165) is 11.1 Å². The summed E-state index contributed by atoms with van der Waals surface area (Å²) >= 11 is 0. The molecule has 0 aliphatic carbocycles. The lowest BCUT2D eigenvalue weighted by atomic mass is 10.2. The van der Waals surface area contributed by atoms with Gasteiger partial charge in [0.25, 0.3) is 10.1 Å². The lowest BCUT2D eigenvalue weighted by Gasteiger charge is -2.16. The summed E-state index contributed by atoms with van der Waals surface area (Å²) in [5, 5.41) is 0. The zero-order valence-electron chi connectivity index (χ0n) is 16.3. The van der Waals surface area contributed by atoms with Gasteiger partial charge in [-0.25, -0.2) is 4.79 Å². The van der Waals surface area contributed by atoms with Crippen molar-refractivity contribution >= 4 is 16.2 Å². The molecule has 0 bridgehead atoms. The number of carbonyl (C=O) groups excluding carboxylic acids is 1. The van der Waals surface area contributed by atoms with Crippen LogP contribution in [0.2, 0.25) is 0 Å². The van der Waals surface area contributed by atoms with Crippen LogP contribution in [-0.2, 0) is 30.4 Å². The molecule has 0 N–H and O–H groups in total. The van der Waals surface area contributed by atoms with Crippen LogP contribution in [0.3, 0.4) is 0 Å². The van der Waals surface area contributed by atoms with Gasteiger partial charge >= 0.3 is 6.09 Å². The van der Waals surface area contributed by atoms with E-state index in [4.69, 9.17) is 13.7 Å². The highest BCUT2D eigenvalue weighted by molar-refractivity contribution is 7.86. The smallest absolute Gasteiger partial charge is 0.410 e. The van der Waals surface area contributed by atoms with Crippen LogP contribution in [-0.4, -0.2) is 51.8 Å². The van der Waals surface area contributed by atoms with Crippen molar-refractivity contribution in [1.29, 1.82) is 0 Å². The van der Waals surface area contributed by atoms with E-state index in [0.29, 0.717) is 19.5 Å². The first-order valence-corrected chi connectivity index (χ1v) is 10.9. The number of ether oxygens (including phenoxy) is 2. The van der Waals surface area contributed by atoms with Crippen molar-refractivity contribution in [1.82, 2.24) is 4.90 Å². The summed E-state index contributed by atoms with van der Waals surface area (Å²) in [6, 6.07) is 16.0. The van der Waals surface area contributed by atoms with Crippen molar-refractivity contribution < 1.29 is 26.9 Å². The molecule has 7 nitrogen and oxygen atoms in total. The molecule has 1 unspecified atom stereocenters. The highest BCUT2D eigenvalue weighted by Crippen LogP contribution is 2.16. The molecule has 1 saturated heterocycles. The highest BCUT2D eigenvalue weighted by Gasteiger charge is 2.28. The van der Waals surface area contributed by atoms with Gasteiger partial charge in [-0.05, 0) is 31.0 Å². The van der Waals surface area contributed by atoms with Gasteiger partial charge in [0.15, 0.2) is 0 Å². The van der Waals surface area contributed by atoms with Gasteiger partial charge in [-0.1, -0.05) is 48.0 Å². The van der Waals surface area contributed by atoms with Crippen LogP contribution in [0.5, 0.6) is 0 Å². The maximum Gasteiger partial charge on any atom is 0.410 e. The van der Waals surface area contributed by atoms with Crippen molar-refractivity contribution in [2.75, 3.05) is 26.3 Å². The normalized spacial score (nSPS) is 16.7. The third kappa shape index (κ3) is 6.28. The fourth-order valence-corrected chi connectivity index (χ4v) is 3.87. The van der Waals surface area contributed by atoms with Gasteiger partial charge in [-0.3, -0.25) is 4.18 Å². The molecule has 1 aliphatic heterocycles. The molecule has 2 aromatic rings. The van der Waals surface area contributed by atoms with Crippen LogP contribution < -0.4 is 0 Å². The van der Waals surface area contributed by atoms with Gasteiger partial charge in [0.2, 0.25) is 0 Å². The second-order valence-corrected chi connectivity index (χ2v) is 8.47. The summed E-state index contributed by atoms with van der Waals surface area (Å²) in [6.07, 6.45) is 0.133. The molecule has 29 heavy (non-hydrogen) atoms. The summed E-state index contributed by atoms with van der Waals surface area (Å²) in [5.74, 6) is 0. The van der Waals surface area contributed by atoms with Crippen molar-refractivity contribution in [2.24, 2.45) is 0 Å². The first kappa shape index (κ1) is 21.3. The average Bonchev–Trinajstić information content (AvgIpc) is 3.20. The summed E-state index contributed by atoms with van der Waals surface area (Å²) < 4.78 is 40.2. The number of hydrogen-bond donors (Lipinski definition) is 0. The first-order chi connectivity index (χ1) is 13.9. The Bertz CT molecular complexity index is 899. The largest absolute Gasteiger partial charge is 0.445 e. The molecule has 0 radical (unpaired) electrons. The minimum absolute atomic E-state index is 0.0782. The molecule has 1 amide bonds. The lowest BCUT2D eigenvalue weighted by Crippen LogP contribution is -2.31. The Hall–Kier alpha value is -2.42. The predicted molar refractivity (Wildman–Crippen MR) is 107 cm³/mol. The van der Waals surface area contributed by atoms with Crippen molar-refractivity contribution in [3.05, 3.63) is 65.7 Å². The molecule has 0 aromatic heterocycles.